The van der Waals surface area contributed by atoms with E-state index in [4.69, 9.17) is 0 Å². The highest BCUT2D eigenvalue weighted by molar-refractivity contribution is 6.87. The van der Waals surface area contributed by atoms with Crippen LogP contribution in [0.5, 0.6) is 0 Å². The summed E-state index contributed by atoms with van der Waals surface area (Å²) < 4.78 is 0. The molecule has 1 fully saturated rings. The quantitative estimate of drug-likeness (QED) is 0.435. The molecule has 0 aromatic rings. The molecular formula is C6H15B2N. The Morgan fingerprint density at radius 1 is 1.00 bits per heavy atom. The zero-order valence-electron chi connectivity index (χ0n) is 6.40. The molecule has 0 atom stereocenters. The third-order valence-corrected chi connectivity index (χ3v) is 2.15. The molecule has 1 aliphatic heterocycles. The molecule has 1 saturated heterocycles. The summed E-state index contributed by atoms with van der Waals surface area (Å²) >= 11 is 0. The summed E-state index contributed by atoms with van der Waals surface area (Å²) in [7, 11) is 3.51. The van der Waals surface area contributed by atoms with Gasteiger partial charge in [-0.2, -0.15) is 0 Å². The Hall–Kier alpha value is 0.0899. The van der Waals surface area contributed by atoms with Gasteiger partial charge in [-0.05, 0) is 25.9 Å². The fourth-order valence-electron chi connectivity index (χ4n) is 1.45. The third-order valence-electron chi connectivity index (χ3n) is 2.15. The lowest BCUT2D eigenvalue weighted by molar-refractivity contribution is 0.468. The van der Waals surface area contributed by atoms with E-state index in [2.05, 4.69) is 12.5 Å². The van der Waals surface area contributed by atoms with Gasteiger partial charge in [0.05, 0.1) is 7.74 Å². The molecule has 9 heavy (non-hydrogen) atoms. The Bertz CT molecular complexity index is 69.5. The maximum absolute atomic E-state index is 2.55. The molecule has 0 aromatic heterocycles. The van der Waals surface area contributed by atoms with Crippen LogP contribution in [0.1, 0.15) is 25.7 Å². The van der Waals surface area contributed by atoms with Crippen LogP contribution in [0.15, 0.2) is 0 Å². The first-order valence-corrected chi connectivity index (χ1v) is 4.16. The third kappa shape index (κ3) is 2.44. The molecule has 3 heteroatoms. The van der Waals surface area contributed by atoms with Crippen molar-refractivity contribution in [3.63, 3.8) is 0 Å². The normalized spacial score (nSPS) is 23.1. The molecule has 0 aromatic carbocycles. The Morgan fingerprint density at radius 3 is 2.00 bits per heavy atom. The molecule has 50 valence electrons. The first-order valence-electron chi connectivity index (χ1n) is 4.16. The van der Waals surface area contributed by atoms with Gasteiger partial charge in [-0.3, -0.25) is 0 Å². The van der Waals surface area contributed by atoms with Gasteiger partial charge < -0.3 is 4.81 Å². The lowest BCUT2D eigenvalue weighted by Gasteiger charge is -2.15. The van der Waals surface area contributed by atoms with Crippen molar-refractivity contribution in [1.82, 2.24) is 4.81 Å². The average Bonchev–Trinajstić information content (AvgIpc) is 2.13. The van der Waals surface area contributed by atoms with Gasteiger partial charge in [-0.15, -0.1) is 0 Å². The molecule has 0 N–H and O–H groups in total. The Balaban J connectivity index is 2.18. The van der Waals surface area contributed by atoms with E-state index in [-0.39, 0.29) is 0 Å². The minimum absolute atomic E-state index is 1.25. The molecule has 1 heterocycles. The molecule has 0 radical (unpaired) electrons. The molecule has 0 spiro atoms. The van der Waals surface area contributed by atoms with Crippen LogP contribution < -0.4 is 0 Å². The lowest BCUT2D eigenvalue weighted by atomic mass is 9.65. The minimum atomic E-state index is 1.25. The molecule has 1 nitrogen and oxygen atoms in total. The fourth-order valence-corrected chi connectivity index (χ4v) is 1.45. The van der Waals surface area contributed by atoms with Gasteiger partial charge in [0.2, 0.25) is 0 Å². The fraction of sp³-hybridized carbons (Fsp3) is 1.00. The molecule has 0 bridgehead atoms. The second-order valence-electron chi connectivity index (χ2n) is 2.85. The van der Waals surface area contributed by atoms with E-state index in [1.165, 1.54) is 46.1 Å². The van der Waals surface area contributed by atoms with Crippen molar-refractivity contribution in [2.45, 2.75) is 25.7 Å². The monoisotopic (exact) mass is 123 g/mol. The number of hydrogen-bond donors (Lipinski definition) is 0. The standard InChI is InChI=1S/C6H15B2N/c7-8-9-5-3-1-2-4-6-9/h8H,1-7H2. The van der Waals surface area contributed by atoms with Crippen LogP contribution in [0.3, 0.4) is 0 Å². The van der Waals surface area contributed by atoms with Crippen molar-refractivity contribution in [2.75, 3.05) is 13.1 Å². The van der Waals surface area contributed by atoms with E-state index in [1.54, 1.807) is 0 Å². The summed E-state index contributed by atoms with van der Waals surface area (Å²) in [6.07, 6.45) is 5.76. The first-order chi connectivity index (χ1) is 4.43. The van der Waals surface area contributed by atoms with Crippen molar-refractivity contribution in [3.8, 4) is 0 Å². The first kappa shape index (κ1) is 7.20. The van der Waals surface area contributed by atoms with Gasteiger partial charge in [0.15, 0.2) is 7.31 Å². The van der Waals surface area contributed by atoms with Crippen molar-refractivity contribution in [1.29, 1.82) is 0 Å². The molecular weight excluding hydrogens is 108 g/mol. The van der Waals surface area contributed by atoms with Crippen LogP contribution in [0.4, 0.5) is 0 Å². The van der Waals surface area contributed by atoms with Crippen LogP contribution in [0.2, 0.25) is 0 Å². The highest BCUT2D eigenvalue weighted by Gasteiger charge is 2.05. The van der Waals surface area contributed by atoms with Gasteiger partial charge in [0.1, 0.15) is 0 Å². The number of nitrogens with zero attached hydrogens (tertiary/aromatic N) is 1. The summed E-state index contributed by atoms with van der Waals surface area (Å²) in [6.45, 7) is 2.69. The van der Waals surface area contributed by atoms with E-state index in [0.717, 1.165) is 0 Å². The van der Waals surface area contributed by atoms with Crippen LogP contribution in [0, 0.1) is 0 Å². The van der Waals surface area contributed by atoms with E-state index < -0.39 is 0 Å². The summed E-state index contributed by atoms with van der Waals surface area (Å²) in [6, 6.07) is 0. The SMILES string of the molecule is BBN1CCCCCC1. The minimum Gasteiger partial charge on any atom is -0.353 e. The van der Waals surface area contributed by atoms with Crippen molar-refractivity contribution in [3.05, 3.63) is 0 Å². The maximum atomic E-state index is 2.55. The van der Waals surface area contributed by atoms with Crippen LogP contribution in [0.25, 0.3) is 0 Å². The van der Waals surface area contributed by atoms with Crippen molar-refractivity contribution in [2.24, 2.45) is 0 Å². The Labute approximate surface area is 59.5 Å². The number of rotatable bonds is 1. The zero-order chi connectivity index (χ0) is 6.53. The highest BCUT2D eigenvalue weighted by atomic mass is 15.0. The smallest absolute Gasteiger partial charge is 0.161 e. The van der Waals surface area contributed by atoms with Crippen LogP contribution in [-0.2, 0) is 0 Å². The second kappa shape index (κ2) is 3.99. The summed E-state index contributed by atoms with van der Waals surface area (Å²) in [5.74, 6) is 0. The van der Waals surface area contributed by atoms with Gasteiger partial charge >= 0.3 is 0 Å². The molecule has 0 amide bonds. The Morgan fingerprint density at radius 2 is 1.56 bits per heavy atom. The van der Waals surface area contributed by atoms with E-state index >= 15 is 0 Å². The van der Waals surface area contributed by atoms with Crippen LogP contribution >= 0.6 is 0 Å². The maximum Gasteiger partial charge on any atom is 0.161 e. The molecule has 1 rings (SSSR count). The van der Waals surface area contributed by atoms with E-state index in [1.807, 2.05) is 0 Å². The van der Waals surface area contributed by atoms with Gasteiger partial charge in [-0.25, -0.2) is 0 Å². The predicted molar refractivity (Wildman–Crippen MR) is 45.7 cm³/mol. The van der Waals surface area contributed by atoms with Crippen molar-refractivity contribution < 1.29 is 0 Å². The van der Waals surface area contributed by atoms with Gasteiger partial charge in [-0.1, -0.05) is 12.8 Å². The largest absolute Gasteiger partial charge is 0.353 e. The highest BCUT2D eigenvalue weighted by Crippen LogP contribution is 2.07. The second-order valence-corrected chi connectivity index (χ2v) is 2.85. The average molecular weight is 123 g/mol. The summed E-state index contributed by atoms with van der Waals surface area (Å²) in [5.41, 5.74) is 0. The van der Waals surface area contributed by atoms with Gasteiger partial charge in [0.25, 0.3) is 0 Å². The van der Waals surface area contributed by atoms with Crippen molar-refractivity contribution >= 4 is 15.0 Å². The summed E-state index contributed by atoms with van der Waals surface area (Å²) in [4.78, 5) is 2.55. The number of hydrogen-bond acceptors (Lipinski definition) is 1. The summed E-state index contributed by atoms with van der Waals surface area (Å²) in [5, 5.41) is 0. The zero-order valence-corrected chi connectivity index (χ0v) is 6.40. The Kier molecular flexibility index (Phi) is 3.20. The molecule has 0 unspecified atom stereocenters. The van der Waals surface area contributed by atoms with Gasteiger partial charge in [0, 0.05) is 0 Å². The lowest BCUT2D eigenvalue weighted by Crippen LogP contribution is -2.28. The molecule has 1 aliphatic rings. The molecule has 0 aliphatic carbocycles. The predicted octanol–water partition coefficient (Wildman–Crippen LogP) is -0.238. The molecule has 0 saturated carbocycles. The van der Waals surface area contributed by atoms with E-state index in [9.17, 15) is 0 Å². The van der Waals surface area contributed by atoms with E-state index in [0.29, 0.717) is 0 Å². The topological polar surface area (TPSA) is 3.24 Å². The van der Waals surface area contributed by atoms with Crippen LogP contribution in [-0.4, -0.2) is 32.9 Å².